The zero-order valence-corrected chi connectivity index (χ0v) is 13.4. The molecule has 0 bridgehead atoms. The van der Waals surface area contributed by atoms with E-state index in [4.69, 9.17) is 0 Å². The minimum atomic E-state index is -0.105. The van der Waals surface area contributed by atoms with Gasteiger partial charge >= 0.3 is 0 Å². The Hall–Kier alpha value is -2.69. The van der Waals surface area contributed by atoms with E-state index < -0.39 is 0 Å². The van der Waals surface area contributed by atoms with Crippen LogP contribution in [-0.2, 0) is 11.2 Å². The highest BCUT2D eigenvalue weighted by molar-refractivity contribution is 5.96. The fraction of sp³-hybridized carbons (Fsp3) is 0.278. The number of rotatable bonds is 6. The van der Waals surface area contributed by atoms with Crippen LogP contribution in [-0.4, -0.2) is 23.3 Å². The van der Waals surface area contributed by atoms with Gasteiger partial charge in [-0.25, -0.2) is 0 Å². The number of hydrogen-bond donors (Lipinski definition) is 2. The summed E-state index contributed by atoms with van der Waals surface area (Å²) in [6, 6.07) is 9.07. The van der Waals surface area contributed by atoms with Crippen LogP contribution in [0.5, 0.6) is 0 Å². The van der Waals surface area contributed by atoms with E-state index in [9.17, 15) is 9.59 Å². The maximum Gasteiger partial charge on any atom is 0.251 e. The molecule has 0 atom stereocenters. The van der Waals surface area contributed by atoms with Crippen LogP contribution in [0.2, 0.25) is 0 Å². The molecule has 0 unspecified atom stereocenters. The zero-order valence-electron chi connectivity index (χ0n) is 13.4. The van der Waals surface area contributed by atoms with Crippen molar-refractivity contribution in [2.24, 2.45) is 0 Å². The third-order valence-electron chi connectivity index (χ3n) is 3.49. The van der Waals surface area contributed by atoms with Crippen LogP contribution < -0.4 is 10.6 Å². The van der Waals surface area contributed by atoms with Crippen LogP contribution in [0.3, 0.4) is 0 Å². The lowest BCUT2D eigenvalue weighted by Gasteiger charge is -2.10. The average Bonchev–Trinajstić information content (AvgIpc) is 2.56. The molecule has 2 N–H and O–H groups in total. The Labute approximate surface area is 136 Å². The molecule has 1 aromatic heterocycles. The summed E-state index contributed by atoms with van der Waals surface area (Å²) < 4.78 is 0. The number of carbonyl (C=O) groups is 2. The fourth-order valence-corrected chi connectivity index (χ4v) is 2.23. The molecule has 1 heterocycles. The minimum absolute atomic E-state index is 0.0457. The van der Waals surface area contributed by atoms with Gasteiger partial charge in [-0.15, -0.1) is 0 Å². The number of nitrogens with zero attached hydrogens (tertiary/aromatic N) is 1. The molecular formula is C18H21N3O2. The molecule has 0 aliphatic carbocycles. The molecule has 5 heteroatoms. The lowest BCUT2D eigenvalue weighted by Crippen LogP contribution is -2.22. The van der Waals surface area contributed by atoms with Crippen molar-refractivity contribution in [1.29, 1.82) is 0 Å². The second-order valence-electron chi connectivity index (χ2n) is 5.29. The number of anilines is 1. The minimum Gasteiger partial charge on any atom is -0.352 e. The van der Waals surface area contributed by atoms with Gasteiger partial charge in [0.25, 0.3) is 5.91 Å². The van der Waals surface area contributed by atoms with Crippen LogP contribution in [0, 0.1) is 6.92 Å². The first-order valence-corrected chi connectivity index (χ1v) is 7.67. The van der Waals surface area contributed by atoms with Gasteiger partial charge < -0.3 is 10.6 Å². The number of amides is 2. The van der Waals surface area contributed by atoms with E-state index in [1.807, 2.05) is 26.0 Å². The fourth-order valence-electron chi connectivity index (χ4n) is 2.23. The lowest BCUT2D eigenvalue weighted by atomic mass is 10.1. The highest BCUT2D eigenvalue weighted by atomic mass is 16.2. The first-order valence-electron chi connectivity index (χ1n) is 7.67. The normalized spacial score (nSPS) is 10.2. The highest BCUT2D eigenvalue weighted by Gasteiger charge is 2.09. The molecule has 2 rings (SSSR count). The number of benzene rings is 1. The van der Waals surface area contributed by atoms with E-state index in [1.54, 1.807) is 30.6 Å². The number of nitrogens with one attached hydrogen (secondary N) is 2. The van der Waals surface area contributed by atoms with Gasteiger partial charge in [-0.1, -0.05) is 0 Å². The van der Waals surface area contributed by atoms with Crippen molar-refractivity contribution in [1.82, 2.24) is 10.3 Å². The number of carbonyl (C=O) groups excluding carboxylic acids is 2. The molecule has 0 fully saturated rings. The Balaban J connectivity index is 1.94. The Kier molecular flexibility index (Phi) is 5.86. The summed E-state index contributed by atoms with van der Waals surface area (Å²) in [4.78, 5) is 27.8. The van der Waals surface area contributed by atoms with Gasteiger partial charge in [-0.05, 0) is 61.7 Å². The molecule has 1 aromatic carbocycles. The summed E-state index contributed by atoms with van der Waals surface area (Å²) in [5.74, 6) is -0.151. The number of aromatic nitrogens is 1. The molecular weight excluding hydrogens is 290 g/mol. The third kappa shape index (κ3) is 4.92. The summed E-state index contributed by atoms with van der Waals surface area (Å²) >= 11 is 0. The van der Waals surface area contributed by atoms with Gasteiger partial charge in [0, 0.05) is 36.6 Å². The lowest BCUT2D eigenvalue weighted by molar-refractivity contribution is -0.116. The average molecular weight is 311 g/mol. The van der Waals surface area contributed by atoms with E-state index in [0.717, 1.165) is 16.8 Å². The smallest absolute Gasteiger partial charge is 0.251 e. The maximum absolute atomic E-state index is 12.1. The van der Waals surface area contributed by atoms with Gasteiger partial charge in [0.2, 0.25) is 5.91 Å². The molecule has 120 valence electrons. The molecule has 0 saturated heterocycles. The number of hydrogen-bond acceptors (Lipinski definition) is 3. The van der Waals surface area contributed by atoms with Crippen molar-refractivity contribution in [2.45, 2.75) is 26.7 Å². The van der Waals surface area contributed by atoms with Crippen molar-refractivity contribution >= 4 is 17.5 Å². The van der Waals surface area contributed by atoms with Crippen LogP contribution in [0.4, 0.5) is 5.69 Å². The van der Waals surface area contributed by atoms with Gasteiger partial charge in [0.05, 0.1) is 0 Å². The predicted octanol–water partition coefficient (Wildman–Crippen LogP) is 2.71. The molecule has 2 amide bonds. The van der Waals surface area contributed by atoms with Gasteiger partial charge in [-0.3, -0.25) is 14.6 Å². The quantitative estimate of drug-likeness (QED) is 0.861. The van der Waals surface area contributed by atoms with Gasteiger partial charge in [0.1, 0.15) is 0 Å². The second kappa shape index (κ2) is 8.08. The predicted molar refractivity (Wildman–Crippen MR) is 90.4 cm³/mol. The summed E-state index contributed by atoms with van der Waals surface area (Å²) in [6.45, 7) is 4.34. The van der Waals surface area contributed by atoms with E-state index >= 15 is 0 Å². The Morgan fingerprint density at radius 1 is 1.13 bits per heavy atom. The zero-order chi connectivity index (χ0) is 16.7. The second-order valence-corrected chi connectivity index (χ2v) is 5.29. The molecule has 5 nitrogen and oxygen atoms in total. The first kappa shape index (κ1) is 16.7. The van der Waals surface area contributed by atoms with Crippen molar-refractivity contribution in [2.75, 3.05) is 11.9 Å². The molecule has 0 spiro atoms. The van der Waals surface area contributed by atoms with Crippen LogP contribution in [0.25, 0.3) is 0 Å². The van der Waals surface area contributed by atoms with Gasteiger partial charge in [-0.2, -0.15) is 0 Å². The summed E-state index contributed by atoms with van der Waals surface area (Å²) in [5.41, 5.74) is 3.28. The Bertz CT molecular complexity index is 684. The first-order chi connectivity index (χ1) is 11.1. The highest BCUT2D eigenvalue weighted by Crippen LogP contribution is 2.17. The molecule has 0 saturated carbocycles. The molecule has 0 aliphatic rings. The van der Waals surface area contributed by atoms with Crippen molar-refractivity contribution in [3.8, 4) is 0 Å². The van der Waals surface area contributed by atoms with E-state index in [1.165, 1.54) is 0 Å². The Morgan fingerprint density at radius 3 is 2.52 bits per heavy atom. The van der Waals surface area contributed by atoms with Gasteiger partial charge in [0.15, 0.2) is 0 Å². The van der Waals surface area contributed by atoms with Crippen molar-refractivity contribution in [3.05, 3.63) is 59.4 Å². The van der Waals surface area contributed by atoms with Crippen LogP contribution in [0.1, 0.15) is 34.8 Å². The van der Waals surface area contributed by atoms with Crippen LogP contribution >= 0.6 is 0 Å². The largest absolute Gasteiger partial charge is 0.352 e. The monoisotopic (exact) mass is 311 g/mol. The van der Waals surface area contributed by atoms with Crippen LogP contribution in [0.15, 0.2) is 42.7 Å². The van der Waals surface area contributed by atoms with Crippen molar-refractivity contribution in [3.63, 3.8) is 0 Å². The summed E-state index contributed by atoms with van der Waals surface area (Å²) in [6.07, 6.45) is 4.51. The summed E-state index contributed by atoms with van der Waals surface area (Å²) in [7, 11) is 0. The standard InChI is InChI=1S/C18H21N3O2/c1-3-20-18(23)15-5-6-16(13(2)12-15)21-17(22)7-4-14-8-10-19-11-9-14/h5-6,8-12H,3-4,7H2,1-2H3,(H,20,23)(H,21,22). The van der Waals surface area contributed by atoms with E-state index in [-0.39, 0.29) is 11.8 Å². The molecule has 2 aromatic rings. The topological polar surface area (TPSA) is 71.1 Å². The number of pyridine rings is 1. The molecule has 0 radical (unpaired) electrons. The van der Waals surface area contributed by atoms with Crippen molar-refractivity contribution < 1.29 is 9.59 Å². The molecule has 0 aliphatic heterocycles. The Morgan fingerprint density at radius 2 is 1.87 bits per heavy atom. The third-order valence-corrected chi connectivity index (χ3v) is 3.49. The van der Waals surface area contributed by atoms with E-state index in [0.29, 0.717) is 24.9 Å². The summed E-state index contributed by atoms with van der Waals surface area (Å²) in [5, 5.41) is 5.65. The SMILES string of the molecule is CCNC(=O)c1ccc(NC(=O)CCc2ccncc2)c(C)c1. The maximum atomic E-state index is 12.1. The number of aryl methyl sites for hydroxylation is 2. The molecule has 23 heavy (non-hydrogen) atoms. The van der Waals surface area contributed by atoms with E-state index in [2.05, 4.69) is 15.6 Å².